The van der Waals surface area contributed by atoms with Crippen LogP contribution in [0.4, 0.5) is 0 Å². The highest BCUT2D eigenvalue weighted by Gasteiger charge is 2.25. The summed E-state index contributed by atoms with van der Waals surface area (Å²) in [7, 11) is 3.61. The van der Waals surface area contributed by atoms with Gasteiger partial charge < -0.3 is 15.2 Å². The Hall–Kier alpha value is -2.03. The van der Waals surface area contributed by atoms with Crippen LogP contribution in [0.15, 0.2) is 22.9 Å². The molecule has 124 valence electrons. The third-order valence-corrected chi connectivity index (χ3v) is 3.72. The lowest BCUT2D eigenvalue weighted by Crippen LogP contribution is -2.44. The van der Waals surface area contributed by atoms with Crippen molar-refractivity contribution in [2.45, 2.75) is 6.04 Å². The van der Waals surface area contributed by atoms with Gasteiger partial charge in [0.25, 0.3) is 11.8 Å². The zero-order valence-electron chi connectivity index (χ0n) is 12.9. The number of halogens is 1. The molecule has 0 radical (unpaired) electrons. The van der Waals surface area contributed by atoms with Gasteiger partial charge in [-0.3, -0.25) is 14.7 Å². The first-order valence-electron chi connectivity index (χ1n) is 7.12. The van der Waals surface area contributed by atoms with Gasteiger partial charge in [0, 0.05) is 32.9 Å². The molecule has 3 rings (SSSR count). The molecule has 0 aromatic carbocycles. The number of nitrogens with one attached hydrogen (secondary N) is 2. The average Bonchev–Trinajstić information content (AvgIpc) is 3.04. The van der Waals surface area contributed by atoms with E-state index < -0.39 is 0 Å². The normalized spacial score (nSPS) is 18.3. The molecule has 0 aliphatic carbocycles. The molecule has 0 bridgehead atoms. The third-order valence-electron chi connectivity index (χ3n) is 3.72. The van der Waals surface area contributed by atoms with E-state index in [0.29, 0.717) is 23.0 Å². The number of aromatic nitrogens is 3. The molecule has 2 aromatic rings. The van der Waals surface area contributed by atoms with Gasteiger partial charge in [-0.1, -0.05) is 5.16 Å². The zero-order chi connectivity index (χ0) is 15.5. The van der Waals surface area contributed by atoms with Crippen LogP contribution in [0, 0.1) is 0 Å². The molecule has 1 fully saturated rings. The number of likely N-dealkylation sites (N-methyl/N-ethyl adjacent to an activating group) is 1. The molecule has 2 N–H and O–H groups in total. The monoisotopic (exact) mass is 338 g/mol. The van der Waals surface area contributed by atoms with Gasteiger partial charge in [0.2, 0.25) is 0 Å². The van der Waals surface area contributed by atoms with Crippen molar-refractivity contribution in [1.82, 2.24) is 30.7 Å². The van der Waals surface area contributed by atoms with Crippen LogP contribution in [0.1, 0.15) is 22.4 Å². The lowest BCUT2D eigenvalue weighted by atomic mass is 10.2. The van der Waals surface area contributed by atoms with Crippen LogP contribution in [0.3, 0.4) is 0 Å². The van der Waals surface area contributed by atoms with E-state index >= 15 is 0 Å². The van der Waals surface area contributed by atoms with E-state index in [2.05, 4.69) is 30.7 Å². The van der Waals surface area contributed by atoms with Gasteiger partial charge in [0.1, 0.15) is 5.69 Å². The number of nitrogens with zero attached hydrogens (tertiary/aromatic N) is 4. The second-order valence-electron chi connectivity index (χ2n) is 5.17. The Bertz CT molecular complexity index is 660. The summed E-state index contributed by atoms with van der Waals surface area (Å²) in [6.07, 6.45) is 1.56. The Labute approximate surface area is 140 Å². The Morgan fingerprint density at radius 3 is 2.96 bits per heavy atom. The molecule has 0 spiro atoms. The number of carbonyl (C=O) groups excluding carboxylic acids is 1. The van der Waals surface area contributed by atoms with Crippen LogP contribution >= 0.6 is 12.4 Å². The van der Waals surface area contributed by atoms with E-state index in [9.17, 15) is 4.79 Å². The quantitative estimate of drug-likeness (QED) is 0.840. The molecular formula is C14H19ClN6O2. The maximum atomic E-state index is 11.5. The van der Waals surface area contributed by atoms with Gasteiger partial charge in [-0.25, -0.2) is 0 Å². The summed E-state index contributed by atoms with van der Waals surface area (Å²) in [5, 5.41) is 9.91. The minimum atomic E-state index is -0.229. The highest BCUT2D eigenvalue weighted by atomic mass is 35.5. The summed E-state index contributed by atoms with van der Waals surface area (Å²) in [6.45, 7) is 2.70. The van der Waals surface area contributed by atoms with E-state index in [-0.39, 0.29) is 24.4 Å². The molecule has 1 unspecified atom stereocenters. The lowest BCUT2D eigenvalue weighted by Gasteiger charge is -2.30. The van der Waals surface area contributed by atoms with Gasteiger partial charge in [-0.2, -0.15) is 4.98 Å². The zero-order valence-corrected chi connectivity index (χ0v) is 13.8. The Balaban J connectivity index is 0.00000192. The Morgan fingerprint density at radius 2 is 2.30 bits per heavy atom. The molecule has 1 amide bonds. The summed E-state index contributed by atoms with van der Waals surface area (Å²) in [5.74, 6) is 0.831. The van der Waals surface area contributed by atoms with Crippen LogP contribution in [0.25, 0.3) is 11.5 Å². The van der Waals surface area contributed by atoms with Crippen LogP contribution in [0.5, 0.6) is 0 Å². The Kier molecular flexibility index (Phi) is 5.64. The molecule has 8 nitrogen and oxygen atoms in total. The fourth-order valence-corrected chi connectivity index (χ4v) is 2.36. The van der Waals surface area contributed by atoms with Crippen LogP contribution in [0.2, 0.25) is 0 Å². The minimum Gasteiger partial charge on any atom is -0.354 e. The van der Waals surface area contributed by atoms with Crippen molar-refractivity contribution < 1.29 is 9.32 Å². The first-order valence-corrected chi connectivity index (χ1v) is 7.12. The number of pyridine rings is 1. The maximum Gasteiger partial charge on any atom is 0.269 e. The number of piperazine rings is 1. The predicted octanol–water partition coefficient (Wildman–Crippen LogP) is 0.489. The molecule has 0 saturated carbocycles. The van der Waals surface area contributed by atoms with E-state index in [4.69, 9.17) is 4.52 Å². The van der Waals surface area contributed by atoms with Crippen molar-refractivity contribution in [1.29, 1.82) is 0 Å². The van der Waals surface area contributed by atoms with E-state index in [1.54, 1.807) is 25.4 Å². The van der Waals surface area contributed by atoms with Gasteiger partial charge in [0.05, 0.1) is 11.6 Å². The first kappa shape index (κ1) is 17.3. The fourth-order valence-electron chi connectivity index (χ4n) is 2.36. The summed E-state index contributed by atoms with van der Waals surface area (Å²) in [5.41, 5.74) is 1.04. The van der Waals surface area contributed by atoms with E-state index in [0.717, 1.165) is 19.6 Å². The number of hydrogen-bond donors (Lipinski definition) is 2. The molecule has 2 aromatic heterocycles. The molecule has 1 saturated heterocycles. The number of hydrogen-bond acceptors (Lipinski definition) is 7. The third kappa shape index (κ3) is 3.66. The van der Waals surface area contributed by atoms with Crippen molar-refractivity contribution >= 4 is 18.3 Å². The number of rotatable bonds is 3. The molecule has 1 aliphatic rings. The summed E-state index contributed by atoms with van der Waals surface area (Å²) < 4.78 is 5.32. The minimum absolute atomic E-state index is 0. The van der Waals surface area contributed by atoms with Crippen molar-refractivity contribution in [3.63, 3.8) is 0 Å². The topological polar surface area (TPSA) is 96.2 Å². The van der Waals surface area contributed by atoms with Crippen LogP contribution < -0.4 is 10.6 Å². The second kappa shape index (κ2) is 7.49. The summed E-state index contributed by atoms with van der Waals surface area (Å²) >= 11 is 0. The number of carbonyl (C=O) groups is 1. The van der Waals surface area contributed by atoms with Gasteiger partial charge >= 0.3 is 0 Å². The van der Waals surface area contributed by atoms with E-state index in [1.165, 1.54) is 0 Å². The van der Waals surface area contributed by atoms with Crippen molar-refractivity contribution in [2.24, 2.45) is 0 Å². The Morgan fingerprint density at radius 1 is 1.48 bits per heavy atom. The summed E-state index contributed by atoms with van der Waals surface area (Å²) in [6, 6.07) is 3.48. The fraction of sp³-hybridized carbons (Fsp3) is 0.429. The number of amides is 1. The largest absolute Gasteiger partial charge is 0.354 e. The van der Waals surface area contributed by atoms with Gasteiger partial charge in [-0.05, 0) is 19.2 Å². The van der Waals surface area contributed by atoms with Crippen molar-refractivity contribution in [3.05, 3.63) is 29.8 Å². The van der Waals surface area contributed by atoms with Crippen molar-refractivity contribution in [3.8, 4) is 11.5 Å². The highest BCUT2D eigenvalue weighted by Crippen LogP contribution is 2.22. The molecule has 1 atom stereocenters. The maximum absolute atomic E-state index is 11.5. The molecule has 9 heteroatoms. The standard InChI is InChI=1S/C14H18N6O2.ClH/c1-15-13(21)10-4-3-9(7-17-10)14-18-12(19-22-14)11-8-16-5-6-20(11)2;/h3-4,7,11,16H,5-6,8H2,1-2H3,(H,15,21);1H. The van der Waals surface area contributed by atoms with Crippen LogP contribution in [-0.4, -0.2) is 59.7 Å². The molecule has 3 heterocycles. The SMILES string of the molecule is CNC(=O)c1ccc(-c2nc(C3CNCCN3C)no2)cn1.Cl. The predicted molar refractivity (Wildman–Crippen MR) is 86.4 cm³/mol. The highest BCUT2D eigenvalue weighted by molar-refractivity contribution is 5.92. The smallest absolute Gasteiger partial charge is 0.269 e. The molecule has 23 heavy (non-hydrogen) atoms. The average molecular weight is 339 g/mol. The molecular weight excluding hydrogens is 320 g/mol. The van der Waals surface area contributed by atoms with Gasteiger partial charge in [-0.15, -0.1) is 12.4 Å². The lowest BCUT2D eigenvalue weighted by molar-refractivity contribution is 0.0958. The van der Waals surface area contributed by atoms with Crippen LogP contribution in [-0.2, 0) is 0 Å². The molecule has 1 aliphatic heterocycles. The second-order valence-corrected chi connectivity index (χ2v) is 5.17. The first-order chi connectivity index (χ1) is 10.7. The summed E-state index contributed by atoms with van der Waals surface area (Å²) in [4.78, 5) is 22.2. The van der Waals surface area contributed by atoms with E-state index in [1.807, 2.05) is 7.05 Å². The van der Waals surface area contributed by atoms with Gasteiger partial charge in [0.15, 0.2) is 5.82 Å². The van der Waals surface area contributed by atoms with Crippen molar-refractivity contribution in [2.75, 3.05) is 33.7 Å².